The van der Waals surface area contributed by atoms with Crippen molar-refractivity contribution in [3.8, 4) is 0 Å². The molecule has 1 aromatic rings. The van der Waals surface area contributed by atoms with Crippen molar-refractivity contribution in [1.82, 2.24) is 14.7 Å². The maximum absolute atomic E-state index is 11.3. The first-order chi connectivity index (χ1) is 15.2. The van der Waals surface area contributed by atoms with E-state index in [0.29, 0.717) is 64.3 Å². The number of anilines is 1. The van der Waals surface area contributed by atoms with E-state index in [1.165, 1.54) is 0 Å². The van der Waals surface area contributed by atoms with E-state index in [4.69, 9.17) is 5.73 Å². The second-order valence-corrected chi connectivity index (χ2v) is 8.40. The highest BCUT2D eigenvalue weighted by atomic mass is 16.4. The van der Waals surface area contributed by atoms with Gasteiger partial charge in [-0.05, 0) is 49.5 Å². The lowest BCUT2D eigenvalue weighted by Gasteiger charge is -2.32. The molecule has 0 amide bonds. The summed E-state index contributed by atoms with van der Waals surface area (Å²) in [6.07, 6.45) is 1.10. The van der Waals surface area contributed by atoms with Gasteiger partial charge < -0.3 is 21.1 Å². The maximum Gasteiger partial charge on any atom is 0.317 e. The van der Waals surface area contributed by atoms with Gasteiger partial charge in [0, 0.05) is 44.8 Å². The molecule has 1 aliphatic heterocycles. The van der Waals surface area contributed by atoms with Crippen molar-refractivity contribution in [2.24, 2.45) is 5.92 Å². The lowest BCUT2D eigenvalue weighted by atomic mass is 9.96. The Hall–Kier alpha value is -2.69. The number of aliphatic carboxylic acids is 3. The Kier molecular flexibility index (Phi) is 10.4. The summed E-state index contributed by atoms with van der Waals surface area (Å²) >= 11 is 0. The highest BCUT2D eigenvalue weighted by Gasteiger charge is 2.21. The first-order valence-electron chi connectivity index (χ1n) is 10.9. The number of nitrogen functional groups attached to an aromatic ring is 1. The number of hydrogen-bond acceptors (Lipinski definition) is 7. The van der Waals surface area contributed by atoms with Crippen LogP contribution in [-0.4, -0.2) is 100 Å². The van der Waals surface area contributed by atoms with Crippen LogP contribution in [0.1, 0.15) is 24.8 Å². The lowest BCUT2D eigenvalue weighted by Crippen LogP contribution is -2.43. The van der Waals surface area contributed by atoms with E-state index in [1.807, 2.05) is 34.1 Å². The van der Waals surface area contributed by atoms with Crippen LogP contribution in [-0.2, 0) is 20.9 Å². The molecule has 5 N–H and O–H groups in total. The van der Waals surface area contributed by atoms with Crippen LogP contribution in [0.4, 0.5) is 5.69 Å². The van der Waals surface area contributed by atoms with Crippen LogP contribution in [0.25, 0.3) is 0 Å². The summed E-state index contributed by atoms with van der Waals surface area (Å²) in [4.78, 5) is 39.8. The number of carboxylic acids is 3. The van der Waals surface area contributed by atoms with Gasteiger partial charge in [-0.25, -0.2) is 0 Å². The van der Waals surface area contributed by atoms with Gasteiger partial charge in [0.1, 0.15) is 0 Å². The number of nitrogens with zero attached hydrogens (tertiary/aromatic N) is 3. The summed E-state index contributed by atoms with van der Waals surface area (Å²) in [5, 5.41) is 27.8. The van der Waals surface area contributed by atoms with Gasteiger partial charge in [-0.3, -0.25) is 29.1 Å². The van der Waals surface area contributed by atoms with Crippen LogP contribution >= 0.6 is 0 Å². The fourth-order valence-electron chi connectivity index (χ4n) is 3.96. The molecule has 0 unspecified atom stereocenters. The van der Waals surface area contributed by atoms with Crippen molar-refractivity contribution in [2.45, 2.75) is 25.8 Å². The Morgan fingerprint density at radius 2 is 1.22 bits per heavy atom. The predicted octanol–water partition coefficient (Wildman–Crippen LogP) is 0.729. The highest BCUT2D eigenvalue weighted by Crippen LogP contribution is 2.17. The second kappa shape index (κ2) is 13.0. The third kappa shape index (κ3) is 10.1. The average Bonchev–Trinajstić information content (AvgIpc) is 2.70. The number of carboxylic acid groups (broad SMARTS) is 3. The minimum absolute atomic E-state index is 0.00884. The van der Waals surface area contributed by atoms with E-state index in [-0.39, 0.29) is 25.4 Å². The third-order valence-electron chi connectivity index (χ3n) is 5.74. The average molecular weight is 451 g/mol. The molecule has 178 valence electrons. The molecule has 2 rings (SSSR count). The van der Waals surface area contributed by atoms with E-state index in [0.717, 1.165) is 5.56 Å². The van der Waals surface area contributed by atoms with Gasteiger partial charge >= 0.3 is 17.9 Å². The van der Waals surface area contributed by atoms with Gasteiger partial charge in [0.15, 0.2) is 0 Å². The molecule has 0 atom stereocenters. The minimum atomic E-state index is -0.912. The largest absolute Gasteiger partial charge is 0.481 e. The molecule has 1 saturated heterocycles. The van der Waals surface area contributed by atoms with Gasteiger partial charge in [-0.15, -0.1) is 0 Å². The van der Waals surface area contributed by atoms with Gasteiger partial charge in [0.25, 0.3) is 0 Å². The molecule has 1 aliphatic rings. The molecule has 0 saturated carbocycles. The molecular weight excluding hydrogens is 416 g/mol. The van der Waals surface area contributed by atoms with Crippen LogP contribution in [0.5, 0.6) is 0 Å². The van der Waals surface area contributed by atoms with Crippen molar-refractivity contribution in [1.29, 1.82) is 0 Å². The number of carbonyl (C=O) groups is 3. The molecule has 0 aliphatic carbocycles. The normalized spacial score (nSPS) is 18.5. The van der Waals surface area contributed by atoms with Gasteiger partial charge in [-0.1, -0.05) is 12.1 Å². The molecule has 10 heteroatoms. The Labute approximate surface area is 188 Å². The summed E-state index contributed by atoms with van der Waals surface area (Å²) in [6, 6.07) is 7.57. The Balaban J connectivity index is 2.15. The van der Waals surface area contributed by atoms with E-state index in [9.17, 15) is 29.7 Å². The van der Waals surface area contributed by atoms with Crippen molar-refractivity contribution < 1.29 is 29.7 Å². The standard InChI is InChI=1S/C22H34N4O6/c23-19-3-1-18(2-4-19)14-26-11-9-24(15-21(29)30)7-5-17(13-20(27)28)6-8-25(10-12-26)16-22(31)32/h1-4,17H,5-16,23H2,(H,27,28)(H,29,30)(H,31,32). The van der Waals surface area contributed by atoms with Crippen LogP contribution in [0.15, 0.2) is 24.3 Å². The summed E-state index contributed by atoms with van der Waals surface area (Å²) < 4.78 is 0. The number of nitrogens with two attached hydrogens (primary N) is 1. The molecular formula is C22H34N4O6. The molecule has 1 fully saturated rings. The smallest absolute Gasteiger partial charge is 0.317 e. The van der Waals surface area contributed by atoms with E-state index in [2.05, 4.69) is 4.90 Å². The lowest BCUT2D eigenvalue weighted by molar-refractivity contribution is -0.140. The summed E-state index contributed by atoms with van der Waals surface area (Å²) in [5.74, 6) is -2.86. The first-order valence-corrected chi connectivity index (χ1v) is 10.9. The van der Waals surface area contributed by atoms with Crippen LogP contribution in [0, 0.1) is 5.92 Å². The summed E-state index contributed by atoms with van der Waals surface area (Å²) in [6.45, 7) is 3.70. The number of hydrogen-bond donors (Lipinski definition) is 4. The van der Waals surface area contributed by atoms with Gasteiger partial charge in [0.2, 0.25) is 0 Å². The third-order valence-corrected chi connectivity index (χ3v) is 5.74. The Morgan fingerprint density at radius 1 is 0.750 bits per heavy atom. The van der Waals surface area contributed by atoms with Crippen molar-refractivity contribution in [2.75, 3.05) is 58.1 Å². The van der Waals surface area contributed by atoms with E-state index < -0.39 is 17.9 Å². The van der Waals surface area contributed by atoms with Crippen molar-refractivity contribution in [3.63, 3.8) is 0 Å². The molecule has 0 aromatic heterocycles. The quantitative estimate of drug-likeness (QED) is 0.418. The Bertz CT molecular complexity index is 725. The maximum atomic E-state index is 11.3. The fraction of sp³-hybridized carbons (Fsp3) is 0.591. The Morgan fingerprint density at radius 3 is 1.66 bits per heavy atom. The molecule has 0 spiro atoms. The zero-order chi connectivity index (χ0) is 23.5. The topological polar surface area (TPSA) is 148 Å². The first kappa shape index (κ1) is 25.6. The monoisotopic (exact) mass is 450 g/mol. The molecule has 10 nitrogen and oxygen atoms in total. The minimum Gasteiger partial charge on any atom is -0.481 e. The SMILES string of the molecule is Nc1ccc(CN2CCN(CC(=O)O)CCC(CC(=O)O)CCN(CC(=O)O)CC2)cc1. The van der Waals surface area contributed by atoms with Crippen LogP contribution in [0.2, 0.25) is 0 Å². The van der Waals surface area contributed by atoms with Gasteiger partial charge in [-0.2, -0.15) is 0 Å². The zero-order valence-corrected chi connectivity index (χ0v) is 18.4. The van der Waals surface area contributed by atoms with E-state index in [1.54, 1.807) is 0 Å². The number of benzene rings is 1. The zero-order valence-electron chi connectivity index (χ0n) is 18.4. The van der Waals surface area contributed by atoms with Crippen molar-refractivity contribution >= 4 is 23.6 Å². The van der Waals surface area contributed by atoms with Crippen LogP contribution < -0.4 is 5.73 Å². The molecule has 0 radical (unpaired) electrons. The fourth-order valence-corrected chi connectivity index (χ4v) is 3.96. The van der Waals surface area contributed by atoms with Crippen LogP contribution in [0.3, 0.4) is 0 Å². The highest BCUT2D eigenvalue weighted by molar-refractivity contribution is 5.69. The molecule has 32 heavy (non-hydrogen) atoms. The number of rotatable bonds is 8. The molecule has 1 aromatic carbocycles. The second-order valence-electron chi connectivity index (χ2n) is 8.40. The predicted molar refractivity (Wildman–Crippen MR) is 119 cm³/mol. The van der Waals surface area contributed by atoms with E-state index >= 15 is 0 Å². The summed E-state index contributed by atoms with van der Waals surface area (Å²) in [5.41, 5.74) is 7.52. The van der Waals surface area contributed by atoms with Gasteiger partial charge in [0.05, 0.1) is 13.1 Å². The van der Waals surface area contributed by atoms with Crippen molar-refractivity contribution in [3.05, 3.63) is 29.8 Å². The molecule has 0 bridgehead atoms. The summed E-state index contributed by atoms with van der Waals surface area (Å²) in [7, 11) is 0. The molecule has 1 heterocycles.